The first-order valence-corrected chi connectivity index (χ1v) is 12.1. The van der Waals surface area contributed by atoms with Crippen LogP contribution in [0.15, 0.2) is 54.9 Å². The Labute approximate surface area is 219 Å². The number of hydrogen-bond donors (Lipinski definition) is 1. The Morgan fingerprint density at radius 3 is 2.55 bits per heavy atom. The third-order valence-electron chi connectivity index (χ3n) is 6.43. The Balaban J connectivity index is 1.62. The molecule has 0 fully saturated rings. The summed E-state index contributed by atoms with van der Waals surface area (Å²) in [5, 5.41) is 11.7. The number of benzene rings is 2. The number of hydrogen-bond acceptors (Lipinski definition) is 5. The van der Waals surface area contributed by atoms with Crippen molar-refractivity contribution >= 4 is 11.5 Å². The number of alkyl halides is 3. The molecular weight excluding hydrogens is 495 g/mol. The SMILES string of the molecule is Cc1ccc(CC(=O)c2cc(C(F)(F)F)ccc2NCCN(C)C)cc1-n1cc(-c2cc[n+](C)n2C)nn1. The number of Topliss-reactive ketones (excluding diaryl/α,β-unsaturated/α-hetero) is 1. The van der Waals surface area contributed by atoms with Crippen molar-refractivity contribution < 1.29 is 22.6 Å². The minimum atomic E-state index is -4.55. The summed E-state index contributed by atoms with van der Waals surface area (Å²) in [5.41, 5.74) is 3.44. The molecule has 1 N–H and O–H groups in total. The molecule has 0 amide bonds. The van der Waals surface area contributed by atoms with Gasteiger partial charge in [-0.05, 0) is 56.4 Å². The van der Waals surface area contributed by atoms with Crippen LogP contribution in [-0.4, -0.2) is 57.5 Å². The van der Waals surface area contributed by atoms with E-state index >= 15 is 0 Å². The Bertz CT molecular complexity index is 1450. The molecule has 11 heteroatoms. The van der Waals surface area contributed by atoms with E-state index in [4.69, 9.17) is 0 Å². The highest BCUT2D eigenvalue weighted by Gasteiger charge is 2.32. The second-order valence-electron chi connectivity index (χ2n) is 9.56. The van der Waals surface area contributed by atoms with Crippen LogP contribution in [0.25, 0.3) is 17.1 Å². The zero-order valence-corrected chi connectivity index (χ0v) is 22.0. The molecular formula is C27H31F3N7O+. The predicted molar refractivity (Wildman–Crippen MR) is 138 cm³/mol. The van der Waals surface area contributed by atoms with E-state index in [0.29, 0.717) is 30.0 Å². The first-order chi connectivity index (χ1) is 17.9. The maximum absolute atomic E-state index is 13.4. The molecule has 0 unspecified atom stereocenters. The van der Waals surface area contributed by atoms with Crippen molar-refractivity contribution in [1.82, 2.24) is 24.6 Å². The van der Waals surface area contributed by atoms with Crippen LogP contribution >= 0.6 is 0 Å². The van der Waals surface area contributed by atoms with Crippen LogP contribution in [0.1, 0.15) is 27.0 Å². The van der Waals surface area contributed by atoms with Gasteiger partial charge in [-0.25, -0.2) is 4.68 Å². The molecule has 200 valence electrons. The molecule has 2 aromatic heterocycles. The average Bonchev–Trinajstić information content (AvgIpc) is 3.46. The second kappa shape index (κ2) is 10.8. The largest absolute Gasteiger partial charge is 0.416 e. The summed E-state index contributed by atoms with van der Waals surface area (Å²) >= 11 is 0. The van der Waals surface area contributed by atoms with Crippen LogP contribution in [-0.2, 0) is 26.7 Å². The Morgan fingerprint density at radius 1 is 1.13 bits per heavy atom. The molecule has 0 atom stereocenters. The summed E-state index contributed by atoms with van der Waals surface area (Å²) < 4.78 is 45.8. The summed E-state index contributed by atoms with van der Waals surface area (Å²) in [5.74, 6) is -0.408. The van der Waals surface area contributed by atoms with E-state index in [1.54, 1.807) is 10.7 Å². The minimum absolute atomic E-state index is 0.0142. The molecule has 4 rings (SSSR count). The van der Waals surface area contributed by atoms with E-state index in [0.717, 1.165) is 29.1 Å². The fraction of sp³-hybridized carbons (Fsp3) is 0.333. The lowest BCUT2D eigenvalue weighted by Gasteiger charge is -2.16. The van der Waals surface area contributed by atoms with Gasteiger partial charge in [0.2, 0.25) is 0 Å². The zero-order chi connectivity index (χ0) is 27.6. The molecule has 4 aromatic rings. The van der Waals surface area contributed by atoms with Crippen LogP contribution in [0.4, 0.5) is 18.9 Å². The zero-order valence-electron chi connectivity index (χ0n) is 22.0. The van der Waals surface area contributed by atoms with Crippen molar-refractivity contribution in [3.63, 3.8) is 0 Å². The molecule has 0 aliphatic carbocycles. The van der Waals surface area contributed by atoms with Gasteiger partial charge in [-0.3, -0.25) is 4.79 Å². The summed E-state index contributed by atoms with van der Waals surface area (Å²) in [7, 11) is 7.64. The van der Waals surface area contributed by atoms with Crippen LogP contribution in [0.5, 0.6) is 0 Å². The van der Waals surface area contributed by atoms with Crippen molar-refractivity contribution in [3.8, 4) is 17.1 Å². The lowest BCUT2D eigenvalue weighted by Crippen LogP contribution is -2.36. The molecule has 0 saturated heterocycles. The number of halogens is 3. The quantitative estimate of drug-likeness (QED) is 0.265. The van der Waals surface area contributed by atoms with Gasteiger partial charge >= 0.3 is 6.18 Å². The van der Waals surface area contributed by atoms with Gasteiger partial charge in [0.05, 0.1) is 24.5 Å². The molecule has 38 heavy (non-hydrogen) atoms. The first kappa shape index (κ1) is 27.1. The molecule has 8 nitrogen and oxygen atoms in total. The third-order valence-corrected chi connectivity index (χ3v) is 6.43. The monoisotopic (exact) mass is 526 g/mol. The number of carbonyl (C=O) groups is 1. The van der Waals surface area contributed by atoms with Gasteiger partial charge in [-0.15, -0.1) is 9.78 Å². The lowest BCUT2D eigenvalue weighted by molar-refractivity contribution is -0.750. The van der Waals surface area contributed by atoms with E-state index in [9.17, 15) is 18.0 Å². The number of aryl methyl sites for hydroxylation is 2. The number of rotatable bonds is 9. The second-order valence-corrected chi connectivity index (χ2v) is 9.56. The molecule has 0 radical (unpaired) electrons. The Kier molecular flexibility index (Phi) is 7.68. The summed E-state index contributed by atoms with van der Waals surface area (Å²) in [4.78, 5) is 15.3. The van der Waals surface area contributed by atoms with Gasteiger partial charge in [0, 0.05) is 36.8 Å². The summed E-state index contributed by atoms with van der Waals surface area (Å²) in [6.45, 7) is 3.07. The normalized spacial score (nSPS) is 11.8. The number of nitrogens with one attached hydrogen (secondary N) is 1. The maximum atomic E-state index is 13.4. The number of aromatic nitrogens is 5. The van der Waals surface area contributed by atoms with Crippen LogP contribution in [0, 0.1) is 6.92 Å². The van der Waals surface area contributed by atoms with Crippen molar-refractivity contribution in [2.24, 2.45) is 14.1 Å². The fourth-order valence-electron chi connectivity index (χ4n) is 4.12. The third kappa shape index (κ3) is 5.94. The standard InChI is InChI=1S/C27H30F3N7O/c1-18-6-7-19(14-25(18)37-17-23(32-33-37)24-10-12-35(4)36(24)5)15-26(38)21-16-20(27(28,29)30)8-9-22(21)31-11-13-34(2)3/h6-10,12,14,16-17H,11,13,15H2,1-5H3/p+1. The van der Waals surface area contributed by atoms with Gasteiger partial charge in [0.1, 0.15) is 11.4 Å². The van der Waals surface area contributed by atoms with Gasteiger partial charge in [0.25, 0.3) is 0 Å². The topological polar surface area (TPSA) is 71.9 Å². The van der Waals surface area contributed by atoms with Crippen molar-refractivity contribution in [3.05, 3.63) is 77.1 Å². The number of likely N-dealkylation sites (N-methyl/N-ethyl adjacent to an activating group) is 1. The van der Waals surface area contributed by atoms with Gasteiger partial charge in [-0.2, -0.15) is 17.9 Å². The number of anilines is 1. The molecule has 0 bridgehead atoms. The van der Waals surface area contributed by atoms with Crippen LogP contribution < -0.4 is 10.00 Å². The first-order valence-electron chi connectivity index (χ1n) is 12.1. The van der Waals surface area contributed by atoms with Crippen molar-refractivity contribution in [2.45, 2.75) is 19.5 Å². The molecule has 0 aliphatic rings. The van der Waals surface area contributed by atoms with E-state index in [-0.39, 0.29) is 12.0 Å². The van der Waals surface area contributed by atoms with Gasteiger partial charge in [0.15, 0.2) is 19.0 Å². The number of nitrogens with zero attached hydrogens (tertiary/aromatic N) is 6. The lowest BCUT2D eigenvalue weighted by atomic mass is 9.98. The van der Waals surface area contributed by atoms with Crippen LogP contribution in [0.3, 0.4) is 0 Å². The van der Waals surface area contributed by atoms with Gasteiger partial charge in [-0.1, -0.05) is 17.3 Å². The van der Waals surface area contributed by atoms with Crippen molar-refractivity contribution in [1.29, 1.82) is 0 Å². The van der Waals surface area contributed by atoms with Crippen LogP contribution in [0.2, 0.25) is 0 Å². The van der Waals surface area contributed by atoms with E-state index in [2.05, 4.69) is 15.6 Å². The highest BCUT2D eigenvalue weighted by Crippen LogP contribution is 2.32. The predicted octanol–water partition coefficient (Wildman–Crippen LogP) is 3.82. The Hall–Kier alpha value is -3.99. The van der Waals surface area contributed by atoms with E-state index in [1.807, 2.05) is 80.0 Å². The average molecular weight is 527 g/mol. The van der Waals surface area contributed by atoms with E-state index < -0.39 is 17.5 Å². The van der Waals surface area contributed by atoms with E-state index in [1.165, 1.54) is 6.07 Å². The highest BCUT2D eigenvalue weighted by molar-refractivity contribution is 6.02. The smallest absolute Gasteiger partial charge is 0.383 e. The Morgan fingerprint density at radius 2 is 1.89 bits per heavy atom. The summed E-state index contributed by atoms with van der Waals surface area (Å²) in [6, 6.07) is 10.7. The number of carbonyl (C=O) groups excluding carboxylic acids is 1. The molecule has 0 spiro atoms. The summed E-state index contributed by atoms with van der Waals surface area (Å²) in [6.07, 6.45) is -0.882. The fourth-order valence-corrected chi connectivity index (χ4v) is 4.12. The molecule has 0 aliphatic heterocycles. The van der Waals surface area contributed by atoms with Gasteiger partial charge < -0.3 is 10.2 Å². The number of ketones is 1. The molecule has 0 saturated carbocycles. The van der Waals surface area contributed by atoms with Crippen molar-refractivity contribution in [2.75, 3.05) is 32.5 Å². The maximum Gasteiger partial charge on any atom is 0.416 e. The highest BCUT2D eigenvalue weighted by atomic mass is 19.4. The molecule has 2 aromatic carbocycles. The molecule has 2 heterocycles. The minimum Gasteiger partial charge on any atom is -0.383 e.